The highest BCUT2D eigenvalue weighted by molar-refractivity contribution is 5.96. The quantitative estimate of drug-likeness (QED) is 0.212. The van der Waals surface area contributed by atoms with E-state index in [-0.39, 0.29) is 0 Å². The fourth-order valence-corrected chi connectivity index (χ4v) is 1.53. The molecule has 1 rings (SSSR count). The minimum absolute atomic E-state index is 1.15. The Morgan fingerprint density at radius 2 is 1.14 bits per heavy atom. The van der Waals surface area contributed by atoms with E-state index in [0.717, 1.165) is 0 Å². The third-order valence-electron chi connectivity index (χ3n) is 2.24. The number of nitrogen functional groups attached to an aromatic ring is 1. The van der Waals surface area contributed by atoms with Gasteiger partial charge in [0.05, 0.1) is 14.8 Å². The van der Waals surface area contributed by atoms with E-state index in [9.17, 15) is 30.3 Å². The molecule has 0 bridgehead atoms. The number of rotatable bonds is 5. The van der Waals surface area contributed by atoms with Gasteiger partial charge in [0.2, 0.25) is 0 Å². The van der Waals surface area contributed by atoms with Gasteiger partial charge in [0.1, 0.15) is 0 Å². The van der Waals surface area contributed by atoms with Gasteiger partial charge in [0, 0.05) is 9.82 Å². The molecule has 0 saturated carbocycles. The lowest BCUT2D eigenvalue weighted by Crippen LogP contribution is -2.04. The van der Waals surface area contributed by atoms with Gasteiger partial charge in [-0.2, -0.15) is 0 Å². The Bertz CT molecular complexity index is 746. The summed E-state index contributed by atoms with van der Waals surface area (Å²) in [6.45, 7) is 0. The second-order valence-electron chi connectivity index (χ2n) is 3.31. The summed E-state index contributed by atoms with van der Waals surface area (Å²) in [4.78, 5) is 33.3. The Morgan fingerprint density at radius 1 is 0.818 bits per heavy atom. The van der Waals surface area contributed by atoms with Crippen molar-refractivity contribution in [1.29, 1.82) is 0 Å². The molecule has 0 radical (unpaired) electrons. The van der Waals surface area contributed by atoms with Crippen molar-refractivity contribution in [3.05, 3.63) is 51.2 Å². The van der Waals surface area contributed by atoms with Crippen molar-refractivity contribution < 1.29 is 14.8 Å². The summed E-state index contributed by atoms with van der Waals surface area (Å²) in [6.07, 6.45) is 0. The highest BCUT2D eigenvalue weighted by Crippen LogP contribution is 2.54. The molecule has 0 aliphatic rings. The standard InChI is InChI=1S/C6H2N10O6/c7-1-4(14(17)18)2(10-12-8)6(16(21)22)3(11-13-9)5(1)15(19)20/h7H2. The fraction of sp³-hybridized carbons (Fsp3) is 0. The molecule has 22 heavy (non-hydrogen) atoms. The molecule has 0 amide bonds. The predicted molar refractivity (Wildman–Crippen MR) is 68.4 cm³/mol. The topological polar surface area (TPSA) is 253 Å². The molecular weight excluding hydrogens is 308 g/mol. The van der Waals surface area contributed by atoms with E-state index >= 15 is 0 Å². The predicted octanol–water partition coefficient (Wildman–Crippen LogP) is 2.88. The van der Waals surface area contributed by atoms with Crippen LogP contribution >= 0.6 is 0 Å². The number of hydrogen-bond acceptors (Lipinski definition) is 9. The van der Waals surface area contributed by atoms with E-state index in [4.69, 9.17) is 16.8 Å². The average molecular weight is 310 g/mol. The summed E-state index contributed by atoms with van der Waals surface area (Å²) in [5, 5.41) is 38.4. The summed E-state index contributed by atoms with van der Waals surface area (Å²) >= 11 is 0. The van der Waals surface area contributed by atoms with Crippen molar-refractivity contribution in [2.24, 2.45) is 10.2 Å². The molecule has 0 unspecified atom stereocenters. The van der Waals surface area contributed by atoms with Crippen molar-refractivity contribution in [3.8, 4) is 0 Å². The van der Waals surface area contributed by atoms with Gasteiger partial charge < -0.3 is 5.73 Å². The summed E-state index contributed by atoms with van der Waals surface area (Å²) in [5.41, 5.74) is 14.3. The second kappa shape index (κ2) is 5.87. The van der Waals surface area contributed by atoms with Crippen LogP contribution in [-0.4, -0.2) is 14.8 Å². The monoisotopic (exact) mass is 310 g/mol. The first-order valence-electron chi connectivity index (χ1n) is 4.80. The molecule has 0 spiro atoms. The van der Waals surface area contributed by atoms with Crippen LogP contribution in [0, 0.1) is 30.3 Å². The van der Waals surface area contributed by atoms with Crippen molar-refractivity contribution >= 4 is 34.1 Å². The summed E-state index contributed by atoms with van der Waals surface area (Å²) in [5.74, 6) is 0. The molecule has 0 aliphatic heterocycles. The number of anilines is 1. The number of azide groups is 2. The Kier molecular flexibility index (Phi) is 4.24. The van der Waals surface area contributed by atoms with Gasteiger partial charge in [-0.05, 0) is 21.3 Å². The Morgan fingerprint density at radius 3 is 1.36 bits per heavy atom. The number of nitro benzene ring substituents is 3. The lowest BCUT2D eigenvalue weighted by molar-refractivity contribution is -0.399. The van der Waals surface area contributed by atoms with Crippen molar-refractivity contribution in [1.82, 2.24) is 0 Å². The maximum absolute atomic E-state index is 11.0. The first-order valence-corrected chi connectivity index (χ1v) is 4.80. The van der Waals surface area contributed by atoms with E-state index < -0.39 is 48.9 Å². The molecule has 0 heterocycles. The van der Waals surface area contributed by atoms with Crippen LogP contribution in [0.4, 0.5) is 34.1 Å². The number of hydrogen-bond donors (Lipinski definition) is 1. The van der Waals surface area contributed by atoms with Crippen LogP contribution in [0.3, 0.4) is 0 Å². The molecular formula is C6H2N10O6. The normalized spacial score (nSPS) is 9.27. The van der Waals surface area contributed by atoms with Crippen LogP contribution in [0.2, 0.25) is 0 Å². The Hall–Kier alpha value is -4.16. The molecule has 16 nitrogen and oxygen atoms in total. The molecule has 1 aromatic rings. The van der Waals surface area contributed by atoms with Gasteiger partial charge >= 0.3 is 17.1 Å². The van der Waals surface area contributed by atoms with Gasteiger partial charge in [-0.15, -0.1) is 0 Å². The molecule has 0 fully saturated rings. The summed E-state index contributed by atoms with van der Waals surface area (Å²) in [7, 11) is 0. The van der Waals surface area contributed by atoms with Crippen LogP contribution in [0.25, 0.3) is 20.9 Å². The maximum atomic E-state index is 11.0. The Balaban J connectivity index is 4.29. The van der Waals surface area contributed by atoms with Gasteiger partial charge in [0.25, 0.3) is 0 Å². The lowest BCUT2D eigenvalue weighted by atomic mass is 10.1. The van der Waals surface area contributed by atoms with Gasteiger partial charge in [-0.3, -0.25) is 30.3 Å². The van der Waals surface area contributed by atoms with E-state index in [0.29, 0.717) is 0 Å². The number of nitrogens with two attached hydrogens (primary N) is 1. The lowest BCUT2D eigenvalue weighted by Gasteiger charge is -2.06. The van der Waals surface area contributed by atoms with E-state index in [2.05, 4.69) is 20.1 Å². The van der Waals surface area contributed by atoms with Crippen LogP contribution in [-0.2, 0) is 0 Å². The molecule has 0 saturated heterocycles. The highest BCUT2D eigenvalue weighted by Gasteiger charge is 2.40. The number of nitrogens with zero attached hydrogens (tertiary/aromatic N) is 9. The zero-order chi connectivity index (χ0) is 17.0. The largest absolute Gasteiger partial charge is 0.387 e. The number of benzene rings is 1. The van der Waals surface area contributed by atoms with Crippen LogP contribution in [0.1, 0.15) is 0 Å². The van der Waals surface area contributed by atoms with Crippen molar-refractivity contribution in [2.45, 2.75) is 0 Å². The molecule has 0 aromatic heterocycles. The first-order chi connectivity index (χ1) is 10.3. The smallest absolute Gasteiger partial charge is 0.315 e. The highest BCUT2D eigenvalue weighted by atomic mass is 16.6. The third kappa shape index (κ3) is 2.44. The summed E-state index contributed by atoms with van der Waals surface area (Å²) in [6, 6.07) is 0. The third-order valence-corrected chi connectivity index (χ3v) is 2.24. The molecule has 2 N–H and O–H groups in total. The minimum Gasteiger partial charge on any atom is -0.387 e. The van der Waals surface area contributed by atoms with Crippen LogP contribution < -0.4 is 5.73 Å². The zero-order valence-electron chi connectivity index (χ0n) is 10.1. The maximum Gasteiger partial charge on any atom is 0.315 e. The first kappa shape index (κ1) is 15.9. The van der Waals surface area contributed by atoms with Crippen molar-refractivity contribution in [3.63, 3.8) is 0 Å². The van der Waals surface area contributed by atoms with E-state index in [1.54, 1.807) is 0 Å². The SMILES string of the molecule is [N-]=[N+]=Nc1c([N+](=O)[O-])c(N)c([N+](=O)[O-])c(N=[N+]=[N-])c1[N+](=O)[O-]. The van der Waals surface area contributed by atoms with E-state index in [1.807, 2.05) is 0 Å². The van der Waals surface area contributed by atoms with Gasteiger partial charge in [0.15, 0.2) is 17.1 Å². The van der Waals surface area contributed by atoms with Crippen LogP contribution in [0.5, 0.6) is 0 Å². The Labute approximate surface area is 117 Å². The second-order valence-corrected chi connectivity index (χ2v) is 3.31. The molecule has 16 heteroatoms. The minimum atomic E-state index is -1.40. The fourth-order valence-electron chi connectivity index (χ4n) is 1.53. The average Bonchev–Trinajstić information content (AvgIpc) is 2.37. The molecule has 112 valence electrons. The molecule has 1 aromatic carbocycles. The van der Waals surface area contributed by atoms with Crippen LogP contribution in [0.15, 0.2) is 10.2 Å². The molecule has 0 atom stereocenters. The van der Waals surface area contributed by atoms with Crippen molar-refractivity contribution in [2.75, 3.05) is 5.73 Å². The van der Waals surface area contributed by atoms with Gasteiger partial charge in [-0.1, -0.05) is 0 Å². The molecule has 0 aliphatic carbocycles. The number of nitro groups is 3. The van der Waals surface area contributed by atoms with E-state index in [1.165, 1.54) is 0 Å². The van der Waals surface area contributed by atoms with Gasteiger partial charge in [-0.25, -0.2) is 0 Å². The summed E-state index contributed by atoms with van der Waals surface area (Å²) < 4.78 is 0. The zero-order valence-corrected chi connectivity index (χ0v) is 10.1.